The first-order valence-corrected chi connectivity index (χ1v) is 11.4. The van der Waals surface area contributed by atoms with Crippen LogP contribution in [0, 0.1) is 12.7 Å². The Balaban J connectivity index is 1.39. The van der Waals surface area contributed by atoms with Crippen molar-refractivity contribution in [1.29, 1.82) is 0 Å². The van der Waals surface area contributed by atoms with Crippen LogP contribution in [0.2, 0.25) is 0 Å². The Morgan fingerprint density at radius 2 is 1.71 bits per heavy atom. The summed E-state index contributed by atoms with van der Waals surface area (Å²) >= 11 is 1.16. The summed E-state index contributed by atoms with van der Waals surface area (Å²) in [6, 6.07) is 23.6. The molecule has 0 fully saturated rings. The van der Waals surface area contributed by atoms with E-state index in [0.717, 1.165) is 23.0 Å². The quantitative estimate of drug-likeness (QED) is 0.294. The van der Waals surface area contributed by atoms with E-state index < -0.39 is 24.3 Å². The number of rotatable bonds is 8. The molecule has 0 radical (unpaired) electrons. The van der Waals surface area contributed by atoms with Crippen molar-refractivity contribution in [3.8, 4) is 17.1 Å². The van der Waals surface area contributed by atoms with Gasteiger partial charge in [0.25, 0.3) is 5.91 Å². The smallest absolute Gasteiger partial charge is 0.316 e. The van der Waals surface area contributed by atoms with Crippen LogP contribution in [-0.2, 0) is 14.3 Å². The molecule has 9 heteroatoms. The molecule has 0 spiro atoms. The van der Waals surface area contributed by atoms with Gasteiger partial charge >= 0.3 is 5.97 Å². The lowest BCUT2D eigenvalue weighted by Crippen LogP contribution is -2.21. The largest absolute Gasteiger partial charge is 0.455 e. The van der Waals surface area contributed by atoms with Crippen molar-refractivity contribution in [2.24, 2.45) is 0 Å². The Bertz CT molecular complexity index is 1300. The molecule has 0 atom stereocenters. The number of anilines is 1. The first-order chi connectivity index (χ1) is 16.5. The third-order valence-electron chi connectivity index (χ3n) is 4.82. The van der Waals surface area contributed by atoms with E-state index >= 15 is 0 Å². The van der Waals surface area contributed by atoms with Crippen molar-refractivity contribution in [3.05, 3.63) is 90.2 Å². The lowest BCUT2D eigenvalue weighted by Gasteiger charge is -2.10. The molecule has 4 rings (SSSR count). The number of aromatic nitrogens is 3. The van der Waals surface area contributed by atoms with Crippen molar-refractivity contribution in [2.45, 2.75) is 12.1 Å². The molecule has 1 heterocycles. The minimum atomic E-state index is -0.584. The normalized spacial score (nSPS) is 10.6. The van der Waals surface area contributed by atoms with E-state index in [1.807, 2.05) is 65.2 Å². The van der Waals surface area contributed by atoms with Crippen LogP contribution in [-0.4, -0.2) is 39.0 Å². The molecule has 0 aliphatic carbocycles. The summed E-state index contributed by atoms with van der Waals surface area (Å²) in [6.07, 6.45) is 0. The summed E-state index contributed by atoms with van der Waals surface area (Å²) in [4.78, 5) is 24.3. The summed E-state index contributed by atoms with van der Waals surface area (Å²) in [6.45, 7) is 1.15. The monoisotopic (exact) mass is 476 g/mol. The second-order valence-electron chi connectivity index (χ2n) is 7.30. The maximum atomic E-state index is 13.6. The number of hydrogen-bond acceptors (Lipinski definition) is 6. The van der Waals surface area contributed by atoms with Gasteiger partial charge in [-0.3, -0.25) is 14.2 Å². The van der Waals surface area contributed by atoms with Gasteiger partial charge in [-0.05, 0) is 36.8 Å². The van der Waals surface area contributed by atoms with E-state index in [0.29, 0.717) is 22.2 Å². The number of carbonyl (C=O) groups is 2. The van der Waals surface area contributed by atoms with Crippen LogP contribution in [0.5, 0.6) is 0 Å². The predicted octanol–water partition coefficient (Wildman–Crippen LogP) is 4.66. The van der Waals surface area contributed by atoms with E-state index in [4.69, 9.17) is 4.74 Å². The zero-order valence-corrected chi connectivity index (χ0v) is 19.1. The van der Waals surface area contributed by atoms with Gasteiger partial charge in [0.1, 0.15) is 5.82 Å². The molecule has 0 saturated heterocycles. The molecule has 0 aliphatic rings. The number of halogens is 1. The Morgan fingerprint density at radius 3 is 2.41 bits per heavy atom. The fourth-order valence-electron chi connectivity index (χ4n) is 3.13. The summed E-state index contributed by atoms with van der Waals surface area (Å²) in [5.41, 5.74) is 2.51. The van der Waals surface area contributed by atoms with Gasteiger partial charge in [-0.2, -0.15) is 0 Å². The lowest BCUT2D eigenvalue weighted by molar-refractivity contribution is -0.144. The summed E-state index contributed by atoms with van der Waals surface area (Å²) in [5, 5.41) is 11.6. The van der Waals surface area contributed by atoms with E-state index in [-0.39, 0.29) is 5.75 Å². The third kappa shape index (κ3) is 5.68. The summed E-state index contributed by atoms with van der Waals surface area (Å²) in [7, 11) is 0. The molecule has 3 aromatic carbocycles. The first-order valence-electron chi connectivity index (χ1n) is 10.4. The number of nitrogens with one attached hydrogen (secondary N) is 1. The molecule has 0 bridgehead atoms. The van der Waals surface area contributed by atoms with Gasteiger partial charge in [0.15, 0.2) is 17.6 Å². The number of carbonyl (C=O) groups excluding carboxylic acids is 2. The van der Waals surface area contributed by atoms with Crippen LogP contribution in [0.1, 0.15) is 5.56 Å². The standard InChI is InChI=1S/C25H21FN4O3S/c1-17-12-13-19(14-21(17)26)27-22(31)15-33-23(32)16-34-25-29-28-24(18-8-4-2-5-9-18)30(25)20-10-6-3-7-11-20/h2-14H,15-16H2,1H3,(H,27,31). The highest BCUT2D eigenvalue weighted by molar-refractivity contribution is 7.99. The van der Waals surface area contributed by atoms with Crippen molar-refractivity contribution in [3.63, 3.8) is 0 Å². The molecular weight excluding hydrogens is 455 g/mol. The van der Waals surface area contributed by atoms with E-state index in [1.165, 1.54) is 6.07 Å². The molecule has 172 valence electrons. The van der Waals surface area contributed by atoms with Crippen LogP contribution in [0.15, 0.2) is 84.0 Å². The second kappa shape index (κ2) is 10.8. The number of thioether (sulfide) groups is 1. The summed E-state index contributed by atoms with van der Waals surface area (Å²) in [5.74, 6) is -0.984. The van der Waals surface area contributed by atoms with Crippen LogP contribution in [0.25, 0.3) is 17.1 Å². The minimum Gasteiger partial charge on any atom is -0.455 e. The average Bonchev–Trinajstić information content (AvgIpc) is 3.29. The number of aryl methyl sites for hydroxylation is 1. The zero-order valence-electron chi connectivity index (χ0n) is 18.3. The molecule has 4 aromatic rings. The average molecular weight is 477 g/mol. The Kier molecular flexibility index (Phi) is 7.34. The fraction of sp³-hybridized carbons (Fsp3) is 0.120. The molecule has 1 aromatic heterocycles. The third-order valence-corrected chi connectivity index (χ3v) is 5.72. The molecule has 1 N–H and O–H groups in total. The number of esters is 1. The Labute approximate surface area is 200 Å². The highest BCUT2D eigenvalue weighted by Gasteiger charge is 2.18. The maximum Gasteiger partial charge on any atom is 0.316 e. The van der Waals surface area contributed by atoms with Gasteiger partial charge in [0.05, 0.1) is 5.75 Å². The number of ether oxygens (including phenoxy) is 1. The van der Waals surface area contributed by atoms with E-state index in [2.05, 4.69) is 15.5 Å². The predicted molar refractivity (Wildman–Crippen MR) is 128 cm³/mol. The Morgan fingerprint density at radius 1 is 1.00 bits per heavy atom. The van der Waals surface area contributed by atoms with Crippen LogP contribution in [0.4, 0.5) is 10.1 Å². The fourth-order valence-corrected chi connectivity index (χ4v) is 3.88. The van der Waals surface area contributed by atoms with Gasteiger partial charge in [-0.25, -0.2) is 4.39 Å². The van der Waals surface area contributed by atoms with Gasteiger partial charge < -0.3 is 10.1 Å². The SMILES string of the molecule is Cc1ccc(NC(=O)COC(=O)CSc2nnc(-c3ccccc3)n2-c2ccccc2)cc1F. The molecule has 0 saturated carbocycles. The topological polar surface area (TPSA) is 86.1 Å². The van der Waals surface area contributed by atoms with E-state index in [9.17, 15) is 14.0 Å². The molecule has 0 aliphatic heterocycles. The second-order valence-corrected chi connectivity index (χ2v) is 8.25. The van der Waals surface area contributed by atoms with Crippen molar-refractivity contribution in [1.82, 2.24) is 14.8 Å². The Hall–Kier alpha value is -3.98. The molecular formula is C25H21FN4O3S. The minimum absolute atomic E-state index is 0.0633. The van der Waals surface area contributed by atoms with Gasteiger partial charge in [0, 0.05) is 16.9 Å². The van der Waals surface area contributed by atoms with Crippen LogP contribution < -0.4 is 5.32 Å². The van der Waals surface area contributed by atoms with Crippen LogP contribution in [0.3, 0.4) is 0 Å². The number of para-hydroxylation sites is 1. The first kappa shape index (κ1) is 23.2. The molecule has 7 nitrogen and oxygen atoms in total. The highest BCUT2D eigenvalue weighted by Crippen LogP contribution is 2.27. The van der Waals surface area contributed by atoms with Gasteiger partial charge in [0.2, 0.25) is 0 Å². The van der Waals surface area contributed by atoms with Gasteiger partial charge in [-0.1, -0.05) is 66.4 Å². The number of amides is 1. The highest BCUT2D eigenvalue weighted by atomic mass is 32.2. The zero-order chi connectivity index (χ0) is 23.9. The van der Waals surface area contributed by atoms with Gasteiger partial charge in [-0.15, -0.1) is 10.2 Å². The number of nitrogens with zero attached hydrogens (tertiary/aromatic N) is 3. The van der Waals surface area contributed by atoms with Crippen molar-refractivity contribution < 1.29 is 18.7 Å². The lowest BCUT2D eigenvalue weighted by atomic mass is 10.2. The molecule has 0 unspecified atom stereocenters. The van der Waals surface area contributed by atoms with Crippen LogP contribution >= 0.6 is 11.8 Å². The molecule has 1 amide bonds. The molecule has 34 heavy (non-hydrogen) atoms. The van der Waals surface area contributed by atoms with Crippen molar-refractivity contribution in [2.75, 3.05) is 17.7 Å². The summed E-state index contributed by atoms with van der Waals surface area (Å²) < 4.78 is 20.6. The van der Waals surface area contributed by atoms with Crippen molar-refractivity contribution >= 4 is 29.3 Å². The number of benzene rings is 3. The maximum absolute atomic E-state index is 13.6. The number of hydrogen-bond donors (Lipinski definition) is 1. The van der Waals surface area contributed by atoms with E-state index in [1.54, 1.807) is 19.1 Å².